The number of amides is 3. The molecule has 0 aliphatic heterocycles. The molecule has 3 amide bonds. The van der Waals surface area contributed by atoms with Gasteiger partial charge in [0.2, 0.25) is 0 Å². The van der Waals surface area contributed by atoms with Gasteiger partial charge in [-0.25, -0.2) is 14.4 Å². The monoisotopic (exact) mass is 346 g/mol. The van der Waals surface area contributed by atoms with Crippen molar-refractivity contribution < 1.29 is 23.5 Å². The average Bonchev–Trinajstić information content (AvgIpc) is 2.57. The van der Waals surface area contributed by atoms with E-state index < -0.39 is 30.1 Å². The number of carbonyl (C=O) groups is 3. The SMILES string of the molecule is CC(C)CNC(=O)NC(=O)COC(=O)c1cc2ccccc2oc1=O. The Balaban J connectivity index is 1.94. The summed E-state index contributed by atoms with van der Waals surface area (Å²) >= 11 is 0. The third kappa shape index (κ3) is 5.17. The first-order valence-electron chi connectivity index (χ1n) is 7.64. The van der Waals surface area contributed by atoms with Gasteiger partial charge in [0, 0.05) is 11.9 Å². The molecule has 1 heterocycles. The van der Waals surface area contributed by atoms with Crippen molar-refractivity contribution in [2.45, 2.75) is 13.8 Å². The van der Waals surface area contributed by atoms with E-state index in [1.807, 2.05) is 19.2 Å². The average molecular weight is 346 g/mol. The Bertz CT molecular complexity index is 856. The highest BCUT2D eigenvalue weighted by Crippen LogP contribution is 2.13. The number of nitrogens with one attached hydrogen (secondary N) is 2. The number of ether oxygens (including phenoxy) is 1. The molecule has 0 unspecified atom stereocenters. The summed E-state index contributed by atoms with van der Waals surface area (Å²) < 4.78 is 9.77. The summed E-state index contributed by atoms with van der Waals surface area (Å²) in [6.45, 7) is 3.51. The molecule has 2 aromatic rings. The molecule has 0 spiro atoms. The highest BCUT2D eigenvalue weighted by atomic mass is 16.5. The molecule has 2 rings (SSSR count). The van der Waals surface area contributed by atoms with Crippen LogP contribution in [0.4, 0.5) is 4.79 Å². The Kier molecular flexibility index (Phi) is 5.89. The van der Waals surface area contributed by atoms with Crippen LogP contribution in [-0.2, 0) is 9.53 Å². The second-order valence-electron chi connectivity index (χ2n) is 5.71. The zero-order chi connectivity index (χ0) is 18.4. The molecule has 0 atom stereocenters. The Labute approximate surface area is 143 Å². The van der Waals surface area contributed by atoms with Crippen LogP contribution >= 0.6 is 0 Å². The molecule has 1 aromatic carbocycles. The minimum atomic E-state index is -1.00. The standard InChI is InChI=1S/C17H18N2O6/c1-10(2)8-18-17(23)19-14(20)9-24-15(21)12-7-11-5-3-4-6-13(11)25-16(12)22/h3-7,10H,8-9H2,1-2H3,(H2,18,19,20,23). The lowest BCUT2D eigenvalue weighted by Crippen LogP contribution is -2.42. The van der Waals surface area contributed by atoms with E-state index in [4.69, 9.17) is 9.15 Å². The largest absolute Gasteiger partial charge is 0.452 e. The van der Waals surface area contributed by atoms with Crippen molar-refractivity contribution in [1.82, 2.24) is 10.6 Å². The van der Waals surface area contributed by atoms with E-state index in [2.05, 4.69) is 5.32 Å². The number of para-hydroxylation sites is 1. The van der Waals surface area contributed by atoms with Gasteiger partial charge in [-0.2, -0.15) is 0 Å². The quantitative estimate of drug-likeness (QED) is 0.625. The Morgan fingerprint density at radius 1 is 1.20 bits per heavy atom. The van der Waals surface area contributed by atoms with Gasteiger partial charge in [-0.3, -0.25) is 10.1 Å². The number of carbonyl (C=O) groups excluding carboxylic acids is 3. The normalized spacial score (nSPS) is 10.5. The summed E-state index contributed by atoms with van der Waals surface area (Å²) in [6, 6.07) is 7.32. The molecule has 0 saturated heterocycles. The molecule has 0 bridgehead atoms. The fraction of sp³-hybridized carbons (Fsp3) is 0.294. The number of urea groups is 1. The molecule has 0 fully saturated rings. The summed E-state index contributed by atoms with van der Waals surface area (Å²) in [4.78, 5) is 46.8. The molecule has 0 aliphatic carbocycles. The number of rotatable bonds is 5. The summed E-state index contributed by atoms with van der Waals surface area (Å²) in [5.41, 5.74) is -0.849. The molecule has 1 aromatic heterocycles. The molecular formula is C17H18N2O6. The fourth-order valence-electron chi connectivity index (χ4n) is 1.92. The second-order valence-corrected chi connectivity index (χ2v) is 5.71. The van der Waals surface area contributed by atoms with E-state index >= 15 is 0 Å². The van der Waals surface area contributed by atoms with Gasteiger partial charge in [0.15, 0.2) is 6.61 Å². The van der Waals surface area contributed by atoms with Gasteiger partial charge in [-0.05, 0) is 18.1 Å². The Morgan fingerprint density at radius 2 is 1.92 bits per heavy atom. The summed E-state index contributed by atoms with van der Waals surface area (Å²) in [5, 5.41) is 5.05. The van der Waals surface area contributed by atoms with Crippen LogP contribution in [0.2, 0.25) is 0 Å². The van der Waals surface area contributed by atoms with Crippen molar-refractivity contribution in [3.05, 3.63) is 46.3 Å². The number of imide groups is 1. The number of hydrogen-bond donors (Lipinski definition) is 2. The second kappa shape index (κ2) is 8.09. The zero-order valence-electron chi connectivity index (χ0n) is 13.8. The topological polar surface area (TPSA) is 115 Å². The maximum absolute atomic E-state index is 12.0. The van der Waals surface area contributed by atoms with Crippen molar-refractivity contribution >= 4 is 28.9 Å². The van der Waals surface area contributed by atoms with Crippen LogP contribution < -0.4 is 16.3 Å². The van der Waals surface area contributed by atoms with Crippen LogP contribution in [0.3, 0.4) is 0 Å². The molecule has 132 valence electrons. The van der Waals surface area contributed by atoms with Gasteiger partial charge < -0.3 is 14.5 Å². The minimum absolute atomic E-state index is 0.228. The molecule has 0 aliphatic rings. The minimum Gasteiger partial charge on any atom is -0.452 e. The smallest absolute Gasteiger partial charge is 0.351 e. The van der Waals surface area contributed by atoms with E-state index in [0.717, 1.165) is 0 Å². The third-order valence-corrected chi connectivity index (χ3v) is 3.12. The van der Waals surface area contributed by atoms with Crippen LogP contribution in [0.1, 0.15) is 24.2 Å². The number of fused-ring (bicyclic) bond motifs is 1. The fourth-order valence-corrected chi connectivity index (χ4v) is 1.92. The predicted molar refractivity (Wildman–Crippen MR) is 89.1 cm³/mol. The van der Waals surface area contributed by atoms with E-state index in [1.54, 1.807) is 24.3 Å². The summed E-state index contributed by atoms with van der Waals surface area (Å²) in [5.74, 6) is -1.58. The van der Waals surface area contributed by atoms with E-state index in [-0.39, 0.29) is 11.5 Å². The summed E-state index contributed by atoms with van der Waals surface area (Å²) in [6.07, 6.45) is 0. The first-order valence-corrected chi connectivity index (χ1v) is 7.64. The van der Waals surface area contributed by atoms with Crippen LogP contribution in [-0.4, -0.2) is 31.1 Å². The predicted octanol–water partition coefficient (Wildman–Crippen LogP) is 1.43. The van der Waals surface area contributed by atoms with E-state index in [0.29, 0.717) is 17.5 Å². The van der Waals surface area contributed by atoms with E-state index in [1.165, 1.54) is 6.07 Å². The Morgan fingerprint density at radius 3 is 2.64 bits per heavy atom. The highest BCUT2D eigenvalue weighted by Gasteiger charge is 2.17. The van der Waals surface area contributed by atoms with Gasteiger partial charge >= 0.3 is 17.6 Å². The molecule has 2 N–H and O–H groups in total. The first kappa shape index (κ1) is 18.2. The maximum atomic E-state index is 12.0. The van der Waals surface area contributed by atoms with Crippen molar-refractivity contribution in [3.8, 4) is 0 Å². The van der Waals surface area contributed by atoms with Crippen LogP contribution in [0.15, 0.2) is 39.5 Å². The maximum Gasteiger partial charge on any atom is 0.351 e. The van der Waals surface area contributed by atoms with Crippen molar-refractivity contribution in [2.24, 2.45) is 5.92 Å². The van der Waals surface area contributed by atoms with Crippen LogP contribution in [0, 0.1) is 5.92 Å². The van der Waals surface area contributed by atoms with Gasteiger partial charge in [0.05, 0.1) is 0 Å². The summed E-state index contributed by atoms with van der Waals surface area (Å²) in [7, 11) is 0. The van der Waals surface area contributed by atoms with Gasteiger partial charge in [-0.15, -0.1) is 0 Å². The lowest BCUT2D eigenvalue weighted by molar-refractivity contribution is -0.123. The van der Waals surface area contributed by atoms with Gasteiger partial charge in [0.25, 0.3) is 5.91 Å². The van der Waals surface area contributed by atoms with Crippen molar-refractivity contribution in [1.29, 1.82) is 0 Å². The van der Waals surface area contributed by atoms with E-state index in [9.17, 15) is 19.2 Å². The molecule has 8 nitrogen and oxygen atoms in total. The zero-order valence-corrected chi connectivity index (χ0v) is 13.8. The third-order valence-electron chi connectivity index (χ3n) is 3.12. The molecule has 0 radical (unpaired) electrons. The first-order chi connectivity index (χ1) is 11.9. The van der Waals surface area contributed by atoms with Crippen LogP contribution in [0.5, 0.6) is 0 Å². The molecular weight excluding hydrogens is 328 g/mol. The van der Waals surface area contributed by atoms with Crippen LogP contribution in [0.25, 0.3) is 11.0 Å². The number of hydrogen-bond acceptors (Lipinski definition) is 6. The number of esters is 1. The lowest BCUT2D eigenvalue weighted by Gasteiger charge is -2.08. The van der Waals surface area contributed by atoms with Crippen molar-refractivity contribution in [3.63, 3.8) is 0 Å². The highest BCUT2D eigenvalue weighted by molar-refractivity contribution is 5.97. The van der Waals surface area contributed by atoms with Gasteiger partial charge in [0.1, 0.15) is 11.1 Å². The Hall–Kier alpha value is -3.16. The lowest BCUT2D eigenvalue weighted by atomic mass is 10.2. The molecule has 0 saturated carbocycles. The molecule has 8 heteroatoms. The van der Waals surface area contributed by atoms with Gasteiger partial charge in [-0.1, -0.05) is 32.0 Å². The molecule has 25 heavy (non-hydrogen) atoms. The van der Waals surface area contributed by atoms with Crippen molar-refractivity contribution in [2.75, 3.05) is 13.2 Å². The number of benzene rings is 1.